The number of halogens is 3. The molecule has 1 aromatic heterocycles. The second kappa shape index (κ2) is 9.43. The maximum atomic E-state index is 13.7. The van der Waals surface area contributed by atoms with Gasteiger partial charge < -0.3 is 5.32 Å². The highest BCUT2D eigenvalue weighted by atomic mass is 32.2. The van der Waals surface area contributed by atoms with Gasteiger partial charge in [-0.25, -0.2) is 4.98 Å². The summed E-state index contributed by atoms with van der Waals surface area (Å²) in [6.07, 6.45) is -4.72. The number of nitrogens with one attached hydrogen (secondary N) is 1. The number of hydrogen-bond acceptors (Lipinski definition) is 3. The summed E-state index contributed by atoms with van der Waals surface area (Å²) in [5.41, 5.74) is 0.694. The molecule has 0 aliphatic heterocycles. The Kier molecular flexibility index (Phi) is 6.90. The normalized spacial score (nSPS) is 12.4. The Balaban J connectivity index is 1.81. The number of carbonyl (C=O) groups excluding carboxylic acids is 1. The average Bonchev–Trinajstić information content (AvgIpc) is 2.73. The Hall–Kier alpha value is -3.00. The lowest BCUT2D eigenvalue weighted by molar-refractivity contribution is -0.140. The fraction of sp³-hybridized carbons (Fsp3) is 0.217. The first-order chi connectivity index (χ1) is 14.7. The third-order valence-electron chi connectivity index (χ3n) is 4.68. The van der Waals surface area contributed by atoms with E-state index in [1.165, 1.54) is 12.1 Å². The molecule has 0 spiro atoms. The zero-order valence-electron chi connectivity index (χ0n) is 17.0. The summed E-state index contributed by atoms with van der Waals surface area (Å²) in [5, 5.41) is 2.43. The number of nitrogens with zero attached hydrogens (tertiary/aromatic N) is 1. The van der Waals surface area contributed by atoms with Gasteiger partial charge in [-0.15, -0.1) is 0 Å². The number of amides is 1. The minimum Gasteiger partial charge on any atom is -0.310 e. The quantitative estimate of drug-likeness (QED) is 0.553. The van der Waals surface area contributed by atoms with E-state index < -0.39 is 28.6 Å². The van der Waals surface area contributed by atoms with Gasteiger partial charge in [0, 0.05) is 16.2 Å². The number of benzene rings is 2. The Morgan fingerprint density at radius 2 is 1.68 bits per heavy atom. The van der Waals surface area contributed by atoms with E-state index in [1.54, 1.807) is 55.5 Å². The van der Waals surface area contributed by atoms with Gasteiger partial charge in [0.25, 0.3) is 0 Å². The fourth-order valence-corrected chi connectivity index (χ4v) is 3.91. The van der Waals surface area contributed by atoms with Crippen molar-refractivity contribution in [3.8, 4) is 11.1 Å². The van der Waals surface area contributed by atoms with Crippen LogP contribution in [0.4, 0.5) is 19.0 Å². The lowest BCUT2D eigenvalue weighted by atomic mass is 9.99. The van der Waals surface area contributed by atoms with Crippen LogP contribution in [0.2, 0.25) is 0 Å². The van der Waals surface area contributed by atoms with Gasteiger partial charge >= 0.3 is 6.18 Å². The van der Waals surface area contributed by atoms with Crippen LogP contribution in [0.1, 0.15) is 23.7 Å². The van der Waals surface area contributed by atoms with Crippen molar-refractivity contribution in [2.75, 3.05) is 11.1 Å². The summed E-state index contributed by atoms with van der Waals surface area (Å²) in [7, 11) is -1.09. The van der Waals surface area contributed by atoms with Crippen molar-refractivity contribution in [3.63, 3.8) is 0 Å². The number of alkyl halides is 3. The van der Waals surface area contributed by atoms with Crippen LogP contribution >= 0.6 is 0 Å². The van der Waals surface area contributed by atoms with Crippen LogP contribution in [-0.2, 0) is 28.2 Å². The first kappa shape index (κ1) is 22.7. The molecule has 0 aliphatic rings. The monoisotopic (exact) mass is 446 g/mol. The van der Waals surface area contributed by atoms with Crippen LogP contribution in [0.3, 0.4) is 0 Å². The predicted molar refractivity (Wildman–Crippen MR) is 115 cm³/mol. The Bertz CT molecular complexity index is 1110. The van der Waals surface area contributed by atoms with E-state index in [-0.39, 0.29) is 17.8 Å². The van der Waals surface area contributed by atoms with E-state index in [1.807, 2.05) is 6.92 Å². The molecule has 1 atom stereocenters. The van der Waals surface area contributed by atoms with Crippen molar-refractivity contribution in [1.29, 1.82) is 0 Å². The summed E-state index contributed by atoms with van der Waals surface area (Å²) < 4.78 is 52.8. The van der Waals surface area contributed by atoms with Gasteiger partial charge in [0.05, 0.1) is 17.2 Å². The van der Waals surface area contributed by atoms with E-state index in [0.717, 1.165) is 0 Å². The summed E-state index contributed by atoms with van der Waals surface area (Å²) >= 11 is 0. The SMILES string of the molecule is CCS(=O)c1ccc(CC(=O)Nc2ccc(-c3ccccc3C)c(C(F)(F)F)n2)cc1. The maximum absolute atomic E-state index is 13.7. The van der Waals surface area contributed by atoms with Crippen molar-refractivity contribution in [3.05, 3.63) is 77.5 Å². The fourth-order valence-electron chi connectivity index (χ4n) is 3.14. The molecule has 0 fully saturated rings. The van der Waals surface area contributed by atoms with Crippen LogP contribution in [0.5, 0.6) is 0 Å². The highest BCUT2D eigenvalue weighted by Crippen LogP contribution is 2.37. The largest absolute Gasteiger partial charge is 0.434 e. The van der Waals surface area contributed by atoms with Gasteiger partial charge in [-0.05, 0) is 47.9 Å². The molecule has 1 heterocycles. The molecule has 0 saturated carbocycles. The predicted octanol–water partition coefficient (Wildman–Crippen LogP) is 5.38. The van der Waals surface area contributed by atoms with Crippen molar-refractivity contribution < 1.29 is 22.2 Å². The highest BCUT2D eigenvalue weighted by Gasteiger charge is 2.36. The highest BCUT2D eigenvalue weighted by molar-refractivity contribution is 7.85. The third-order valence-corrected chi connectivity index (χ3v) is 6.00. The molecular formula is C23H21F3N2O2S. The smallest absolute Gasteiger partial charge is 0.310 e. The standard InChI is InChI=1S/C23H21F3N2O2S/c1-3-31(30)17-10-8-16(9-11-17)14-21(29)27-20-13-12-19(22(28-20)23(24,25)26)18-7-5-4-6-15(18)2/h4-13H,3,14H2,1-2H3,(H,27,28,29). The molecule has 31 heavy (non-hydrogen) atoms. The van der Waals surface area contributed by atoms with Gasteiger partial charge in [-0.2, -0.15) is 13.2 Å². The zero-order chi connectivity index (χ0) is 22.6. The summed E-state index contributed by atoms with van der Waals surface area (Å²) in [4.78, 5) is 16.7. The molecule has 1 N–H and O–H groups in total. The van der Waals surface area contributed by atoms with Crippen LogP contribution in [0.15, 0.2) is 65.6 Å². The number of rotatable bonds is 6. The minimum absolute atomic E-state index is 0.0388. The van der Waals surface area contributed by atoms with E-state index in [4.69, 9.17) is 0 Å². The van der Waals surface area contributed by atoms with Crippen LogP contribution in [-0.4, -0.2) is 20.9 Å². The van der Waals surface area contributed by atoms with Crippen molar-refractivity contribution >= 4 is 22.5 Å². The number of anilines is 1. The third kappa shape index (κ3) is 5.58. The van der Waals surface area contributed by atoms with Gasteiger partial charge in [0.15, 0.2) is 5.69 Å². The number of pyridine rings is 1. The molecule has 3 rings (SSSR count). The molecule has 0 aliphatic carbocycles. The van der Waals surface area contributed by atoms with Crippen molar-refractivity contribution in [1.82, 2.24) is 4.98 Å². The first-order valence-electron chi connectivity index (χ1n) is 9.60. The van der Waals surface area contributed by atoms with E-state index in [0.29, 0.717) is 27.3 Å². The first-order valence-corrected chi connectivity index (χ1v) is 10.9. The molecule has 0 bridgehead atoms. The van der Waals surface area contributed by atoms with E-state index >= 15 is 0 Å². The number of aryl methyl sites for hydroxylation is 1. The van der Waals surface area contributed by atoms with Crippen LogP contribution in [0, 0.1) is 6.92 Å². The molecule has 8 heteroatoms. The molecule has 2 aromatic carbocycles. The van der Waals surface area contributed by atoms with E-state index in [2.05, 4.69) is 10.3 Å². The Labute approximate surface area is 181 Å². The minimum atomic E-state index is -4.68. The van der Waals surface area contributed by atoms with E-state index in [9.17, 15) is 22.2 Å². The number of aromatic nitrogens is 1. The lowest BCUT2D eigenvalue weighted by Gasteiger charge is -2.15. The summed E-state index contributed by atoms with van der Waals surface area (Å²) in [6, 6.07) is 16.2. The average molecular weight is 446 g/mol. The molecular weight excluding hydrogens is 425 g/mol. The van der Waals surface area contributed by atoms with Crippen molar-refractivity contribution in [2.45, 2.75) is 31.3 Å². The Morgan fingerprint density at radius 3 is 2.29 bits per heavy atom. The number of hydrogen-bond donors (Lipinski definition) is 1. The Morgan fingerprint density at radius 1 is 1.00 bits per heavy atom. The number of carbonyl (C=O) groups is 1. The second-order valence-corrected chi connectivity index (χ2v) is 8.65. The van der Waals surface area contributed by atoms with Crippen LogP contribution in [0.25, 0.3) is 11.1 Å². The van der Waals surface area contributed by atoms with Gasteiger partial charge in [-0.3, -0.25) is 9.00 Å². The molecule has 4 nitrogen and oxygen atoms in total. The topological polar surface area (TPSA) is 59.1 Å². The summed E-state index contributed by atoms with van der Waals surface area (Å²) in [6.45, 7) is 3.54. The molecule has 162 valence electrons. The second-order valence-electron chi connectivity index (χ2n) is 6.91. The zero-order valence-corrected chi connectivity index (χ0v) is 17.8. The molecule has 1 unspecified atom stereocenters. The lowest BCUT2D eigenvalue weighted by Crippen LogP contribution is -2.18. The molecule has 0 radical (unpaired) electrons. The maximum Gasteiger partial charge on any atom is 0.434 e. The summed E-state index contributed by atoms with van der Waals surface area (Å²) in [5.74, 6) is -0.169. The van der Waals surface area contributed by atoms with Gasteiger partial charge in [-0.1, -0.05) is 43.3 Å². The van der Waals surface area contributed by atoms with Gasteiger partial charge in [0.2, 0.25) is 5.91 Å². The van der Waals surface area contributed by atoms with Crippen LogP contribution < -0.4 is 5.32 Å². The molecule has 1 amide bonds. The van der Waals surface area contributed by atoms with Crippen molar-refractivity contribution in [2.24, 2.45) is 0 Å². The molecule has 3 aromatic rings. The molecule has 0 saturated heterocycles. The van der Waals surface area contributed by atoms with Gasteiger partial charge in [0.1, 0.15) is 5.82 Å².